The number of nitrogens with zero attached hydrogens (tertiary/aromatic N) is 1. The Bertz CT molecular complexity index is 640. The Morgan fingerprint density at radius 3 is 2.55 bits per heavy atom. The van der Waals surface area contributed by atoms with E-state index in [2.05, 4.69) is 29.3 Å². The molecule has 0 amide bonds. The first-order valence-electron chi connectivity index (χ1n) is 6.65. The van der Waals surface area contributed by atoms with Crippen LogP contribution in [0.15, 0.2) is 42.6 Å². The number of hydrogen-bond donors (Lipinski definition) is 0. The fraction of sp³-hybridized carbons (Fsp3) is 0.235. The molecule has 3 rings (SSSR count). The molecule has 0 bridgehead atoms. The molecule has 0 atom stereocenters. The van der Waals surface area contributed by atoms with Crippen molar-refractivity contribution >= 4 is 5.57 Å². The molecule has 1 aromatic carbocycles. The average Bonchev–Trinajstić information content (AvgIpc) is 2.90. The van der Waals surface area contributed by atoms with Crippen molar-refractivity contribution in [2.24, 2.45) is 0 Å². The summed E-state index contributed by atoms with van der Waals surface area (Å²) in [5.41, 5.74) is 4.93. The minimum absolute atomic E-state index is 0.823. The maximum absolute atomic E-state index is 5.32. The molecule has 0 aliphatic heterocycles. The van der Waals surface area contributed by atoms with E-state index in [4.69, 9.17) is 9.47 Å². The topological polar surface area (TPSA) is 31.4 Å². The van der Waals surface area contributed by atoms with Crippen molar-refractivity contribution in [1.82, 2.24) is 4.98 Å². The van der Waals surface area contributed by atoms with Gasteiger partial charge in [0.15, 0.2) is 0 Å². The van der Waals surface area contributed by atoms with Crippen molar-refractivity contribution in [1.29, 1.82) is 0 Å². The van der Waals surface area contributed by atoms with Crippen molar-refractivity contribution < 1.29 is 9.47 Å². The third-order valence-electron chi connectivity index (χ3n) is 3.58. The van der Waals surface area contributed by atoms with Crippen LogP contribution in [0.4, 0.5) is 0 Å². The van der Waals surface area contributed by atoms with E-state index in [0.717, 1.165) is 30.0 Å². The van der Waals surface area contributed by atoms with Crippen LogP contribution in [0.1, 0.15) is 16.8 Å². The van der Waals surface area contributed by atoms with E-state index in [1.807, 2.05) is 18.3 Å². The van der Waals surface area contributed by atoms with Gasteiger partial charge in [0.05, 0.1) is 19.9 Å². The third kappa shape index (κ3) is 2.39. The number of fused-ring (bicyclic) bond motifs is 1. The molecule has 0 saturated carbocycles. The molecule has 3 nitrogen and oxygen atoms in total. The number of rotatable bonds is 4. The summed E-state index contributed by atoms with van der Waals surface area (Å²) in [7, 11) is 3.35. The first kappa shape index (κ1) is 12.7. The van der Waals surface area contributed by atoms with Crippen LogP contribution in [0.25, 0.3) is 5.57 Å². The monoisotopic (exact) mass is 267 g/mol. The fourth-order valence-corrected chi connectivity index (χ4v) is 2.58. The third-order valence-corrected chi connectivity index (χ3v) is 3.58. The van der Waals surface area contributed by atoms with Crippen molar-refractivity contribution in [3.8, 4) is 11.5 Å². The number of benzene rings is 1. The Morgan fingerprint density at radius 2 is 1.85 bits per heavy atom. The molecule has 0 spiro atoms. The van der Waals surface area contributed by atoms with Gasteiger partial charge < -0.3 is 9.47 Å². The molecule has 1 heterocycles. The Kier molecular flexibility index (Phi) is 3.42. The highest BCUT2D eigenvalue weighted by Gasteiger charge is 2.15. The highest BCUT2D eigenvalue weighted by molar-refractivity contribution is 5.73. The lowest BCUT2D eigenvalue weighted by Gasteiger charge is -2.10. The predicted molar refractivity (Wildman–Crippen MR) is 79.2 cm³/mol. The second-order valence-corrected chi connectivity index (χ2v) is 4.83. The van der Waals surface area contributed by atoms with Gasteiger partial charge in [-0.1, -0.05) is 12.1 Å². The molecular weight excluding hydrogens is 250 g/mol. The largest absolute Gasteiger partial charge is 0.497 e. The van der Waals surface area contributed by atoms with Gasteiger partial charge in [-0.25, -0.2) is 0 Å². The lowest BCUT2D eigenvalue weighted by molar-refractivity contribution is 0.393. The summed E-state index contributed by atoms with van der Waals surface area (Å²) in [6, 6.07) is 10.1. The van der Waals surface area contributed by atoms with E-state index in [9.17, 15) is 0 Å². The van der Waals surface area contributed by atoms with Crippen LogP contribution in [0, 0.1) is 0 Å². The fourth-order valence-electron chi connectivity index (χ4n) is 2.58. The second-order valence-electron chi connectivity index (χ2n) is 4.83. The van der Waals surface area contributed by atoms with Crippen LogP contribution in [-0.4, -0.2) is 19.2 Å². The van der Waals surface area contributed by atoms with Crippen LogP contribution in [0.2, 0.25) is 0 Å². The zero-order chi connectivity index (χ0) is 13.9. The van der Waals surface area contributed by atoms with Gasteiger partial charge in [0.25, 0.3) is 0 Å². The molecule has 0 saturated heterocycles. The summed E-state index contributed by atoms with van der Waals surface area (Å²) in [5.74, 6) is 1.65. The quantitative estimate of drug-likeness (QED) is 0.852. The first-order chi connectivity index (χ1) is 9.80. The molecule has 102 valence electrons. The van der Waals surface area contributed by atoms with E-state index < -0.39 is 0 Å². The van der Waals surface area contributed by atoms with Crippen molar-refractivity contribution in [2.75, 3.05) is 14.2 Å². The van der Waals surface area contributed by atoms with Gasteiger partial charge in [0, 0.05) is 18.7 Å². The van der Waals surface area contributed by atoms with E-state index in [1.54, 1.807) is 14.2 Å². The summed E-state index contributed by atoms with van der Waals surface area (Å²) >= 11 is 0. The summed E-state index contributed by atoms with van der Waals surface area (Å²) in [6.45, 7) is 0. The molecule has 1 aromatic heterocycles. The minimum Gasteiger partial charge on any atom is -0.497 e. The SMILES string of the molecule is COc1cc(CC2=CCc3ncccc32)cc(OC)c1. The van der Waals surface area contributed by atoms with Crippen molar-refractivity contribution in [3.05, 3.63) is 59.4 Å². The van der Waals surface area contributed by atoms with E-state index in [-0.39, 0.29) is 0 Å². The molecule has 0 N–H and O–H groups in total. The molecule has 1 aliphatic rings. The van der Waals surface area contributed by atoms with Crippen LogP contribution in [0.3, 0.4) is 0 Å². The molecule has 0 unspecified atom stereocenters. The molecule has 0 radical (unpaired) electrons. The number of aromatic nitrogens is 1. The molecule has 0 fully saturated rings. The Hall–Kier alpha value is -2.29. The normalized spacial score (nSPS) is 12.8. The van der Waals surface area contributed by atoms with Crippen LogP contribution >= 0.6 is 0 Å². The number of ether oxygens (including phenoxy) is 2. The predicted octanol–water partition coefficient (Wildman–Crippen LogP) is 3.28. The molecular formula is C17H17NO2. The summed E-state index contributed by atoms with van der Waals surface area (Å²) < 4.78 is 10.6. The maximum Gasteiger partial charge on any atom is 0.122 e. The highest BCUT2D eigenvalue weighted by atomic mass is 16.5. The van der Waals surface area contributed by atoms with Gasteiger partial charge in [0.2, 0.25) is 0 Å². The number of pyridine rings is 1. The zero-order valence-electron chi connectivity index (χ0n) is 11.7. The maximum atomic E-state index is 5.32. The van der Waals surface area contributed by atoms with E-state index >= 15 is 0 Å². The van der Waals surface area contributed by atoms with E-state index in [0.29, 0.717) is 0 Å². The van der Waals surface area contributed by atoms with Crippen LogP contribution in [0.5, 0.6) is 11.5 Å². The zero-order valence-corrected chi connectivity index (χ0v) is 11.7. The Labute approximate surface area is 118 Å². The smallest absolute Gasteiger partial charge is 0.122 e. The van der Waals surface area contributed by atoms with Crippen LogP contribution in [-0.2, 0) is 12.8 Å². The van der Waals surface area contributed by atoms with Crippen LogP contribution < -0.4 is 9.47 Å². The van der Waals surface area contributed by atoms with Crippen molar-refractivity contribution in [3.63, 3.8) is 0 Å². The van der Waals surface area contributed by atoms with E-state index in [1.165, 1.54) is 16.7 Å². The molecule has 3 heteroatoms. The van der Waals surface area contributed by atoms with Gasteiger partial charge in [0.1, 0.15) is 11.5 Å². The highest BCUT2D eigenvalue weighted by Crippen LogP contribution is 2.31. The lowest BCUT2D eigenvalue weighted by Crippen LogP contribution is -1.94. The number of hydrogen-bond acceptors (Lipinski definition) is 3. The summed E-state index contributed by atoms with van der Waals surface area (Å²) in [5, 5.41) is 0. The number of allylic oxidation sites excluding steroid dienone is 2. The summed E-state index contributed by atoms with van der Waals surface area (Å²) in [4.78, 5) is 4.42. The Morgan fingerprint density at radius 1 is 1.10 bits per heavy atom. The van der Waals surface area contributed by atoms with Gasteiger partial charge in [-0.2, -0.15) is 0 Å². The van der Waals surface area contributed by atoms with Gasteiger partial charge in [-0.3, -0.25) is 4.98 Å². The lowest BCUT2D eigenvalue weighted by atomic mass is 10.0. The standard InChI is InChI=1S/C17H17NO2/c1-19-14-9-12(10-15(11-14)20-2)8-13-5-6-17-16(13)4-3-7-18-17/h3-5,7,9-11H,6,8H2,1-2H3. The molecule has 20 heavy (non-hydrogen) atoms. The van der Waals surface area contributed by atoms with Gasteiger partial charge >= 0.3 is 0 Å². The summed E-state index contributed by atoms with van der Waals surface area (Å²) in [6.07, 6.45) is 5.90. The second kappa shape index (κ2) is 5.37. The average molecular weight is 267 g/mol. The van der Waals surface area contributed by atoms with Crippen molar-refractivity contribution in [2.45, 2.75) is 12.8 Å². The number of methoxy groups -OCH3 is 2. The van der Waals surface area contributed by atoms with Gasteiger partial charge in [-0.15, -0.1) is 0 Å². The first-order valence-corrected chi connectivity index (χ1v) is 6.65. The molecule has 2 aromatic rings. The molecule has 1 aliphatic carbocycles. The Balaban J connectivity index is 1.89. The van der Waals surface area contributed by atoms with Gasteiger partial charge in [-0.05, 0) is 41.3 Å². The minimum atomic E-state index is 0.823.